The standard InChI is InChI=1S/C24H26N4O4S/c1-16-7-8-19(22-26-24(32-27-22)18-9-10-18)15-21(16)33(30,31)28-13-11-17(12-14-28)23(29)25-20-5-3-2-4-6-20/h2-8,15,17-18H,9-14H2,1H3,(H,25,29). The van der Waals surface area contributed by atoms with E-state index in [2.05, 4.69) is 15.5 Å². The minimum atomic E-state index is -3.71. The first-order valence-corrected chi connectivity index (χ1v) is 12.7. The molecule has 2 aromatic carbocycles. The number of carbonyl (C=O) groups is 1. The minimum Gasteiger partial charge on any atom is -0.339 e. The summed E-state index contributed by atoms with van der Waals surface area (Å²) in [6.07, 6.45) is 3.06. The number of benzene rings is 2. The summed E-state index contributed by atoms with van der Waals surface area (Å²) in [5.74, 6) is 1.07. The third-order valence-electron chi connectivity index (χ3n) is 6.30. The Labute approximate surface area is 193 Å². The Bertz CT molecular complexity index is 1260. The van der Waals surface area contributed by atoms with Gasteiger partial charge in [0.1, 0.15) is 0 Å². The van der Waals surface area contributed by atoms with Crippen LogP contribution in [0.4, 0.5) is 5.69 Å². The van der Waals surface area contributed by atoms with Crippen LogP contribution in [0.2, 0.25) is 0 Å². The summed E-state index contributed by atoms with van der Waals surface area (Å²) in [7, 11) is -3.71. The summed E-state index contributed by atoms with van der Waals surface area (Å²) in [5, 5.41) is 6.95. The molecule has 0 unspecified atom stereocenters. The third-order valence-corrected chi connectivity index (χ3v) is 8.34. The van der Waals surface area contributed by atoms with Gasteiger partial charge in [-0.25, -0.2) is 8.42 Å². The van der Waals surface area contributed by atoms with Gasteiger partial charge in [0.15, 0.2) is 0 Å². The number of hydrogen-bond acceptors (Lipinski definition) is 6. The van der Waals surface area contributed by atoms with Crippen molar-refractivity contribution in [2.24, 2.45) is 5.92 Å². The molecule has 1 aliphatic heterocycles. The topological polar surface area (TPSA) is 105 Å². The fourth-order valence-corrected chi connectivity index (χ4v) is 5.85. The molecule has 1 amide bonds. The van der Waals surface area contributed by atoms with Crippen LogP contribution in [-0.4, -0.2) is 41.9 Å². The van der Waals surface area contributed by atoms with Crippen LogP contribution >= 0.6 is 0 Å². The van der Waals surface area contributed by atoms with E-state index >= 15 is 0 Å². The fourth-order valence-electron chi connectivity index (χ4n) is 4.13. The molecule has 1 aliphatic carbocycles. The van der Waals surface area contributed by atoms with Gasteiger partial charge in [-0.15, -0.1) is 0 Å². The van der Waals surface area contributed by atoms with Gasteiger partial charge in [0.2, 0.25) is 27.6 Å². The summed E-state index contributed by atoms with van der Waals surface area (Å²) in [5.41, 5.74) is 2.02. The van der Waals surface area contributed by atoms with Crippen LogP contribution in [0.3, 0.4) is 0 Å². The van der Waals surface area contributed by atoms with Crippen molar-refractivity contribution >= 4 is 21.6 Å². The molecule has 1 saturated carbocycles. The van der Waals surface area contributed by atoms with Crippen LogP contribution < -0.4 is 5.32 Å². The molecule has 2 fully saturated rings. The molecule has 9 heteroatoms. The number of aromatic nitrogens is 2. The second-order valence-corrected chi connectivity index (χ2v) is 10.7. The highest BCUT2D eigenvalue weighted by Gasteiger charge is 2.34. The molecule has 1 N–H and O–H groups in total. The van der Waals surface area contributed by atoms with Crippen LogP contribution in [-0.2, 0) is 14.8 Å². The number of aryl methyl sites for hydroxylation is 1. The zero-order valence-electron chi connectivity index (χ0n) is 18.4. The summed E-state index contributed by atoms with van der Waals surface area (Å²) >= 11 is 0. The number of carbonyl (C=O) groups excluding carboxylic acids is 1. The molecule has 2 heterocycles. The quantitative estimate of drug-likeness (QED) is 0.589. The van der Waals surface area contributed by atoms with Crippen LogP contribution in [0.1, 0.15) is 43.1 Å². The molecule has 1 saturated heterocycles. The third kappa shape index (κ3) is 4.56. The lowest BCUT2D eigenvalue weighted by Crippen LogP contribution is -2.41. The van der Waals surface area contributed by atoms with E-state index in [1.54, 1.807) is 19.1 Å². The van der Waals surface area contributed by atoms with E-state index in [9.17, 15) is 13.2 Å². The molecule has 172 valence electrons. The maximum Gasteiger partial charge on any atom is 0.243 e. The van der Waals surface area contributed by atoms with Crippen molar-refractivity contribution in [3.63, 3.8) is 0 Å². The summed E-state index contributed by atoms with van der Waals surface area (Å²) in [6, 6.07) is 14.5. The predicted octanol–water partition coefficient (Wildman–Crippen LogP) is 3.96. The Morgan fingerprint density at radius 3 is 2.48 bits per heavy atom. The second kappa shape index (κ2) is 8.72. The zero-order valence-corrected chi connectivity index (χ0v) is 19.2. The van der Waals surface area contributed by atoms with Crippen molar-refractivity contribution in [2.75, 3.05) is 18.4 Å². The number of sulfonamides is 1. The van der Waals surface area contributed by atoms with Gasteiger partial charge in [-0.3, -0.25) is 4.79 Å². The number of para-hydroxylation sites is 1. The lowest BCUT2D eigenvalue weighted by molar-refractivity contribution is -0.120. The van der Waals surface area contributed by atoms with Crippen molar-refractivity contribution < 1.29 is 17.7 Å². The Morgan fingerprint density at radius 2 is 1.79 bits per heavy atom. The van der Waals surface area contributed by atoms with E-state index < -0.39 is 10.0 Å². The molecule has 2 aliphatic rings. The van der Waals surface area contributed by atoms with E-state index in [4.69, 9.17) is 4.52 Å². The molecule has 0 radical (unpaired) electrons. The summed E-state index contributed by atoms with van der Waals surface area (Å²) in [6.45, 7) is 2.38. The number of anilines is 1. The number of piperidine rings is 1. The Kier molecular flexibility index (Phi) is 5.76. The molecule has 3 aromatic rings. The largest absolute Gasteiger partial charge is 0.339 e. The minimum absolute atomic E-state index is 0.0694. The average Bonchev–Trinajstić information content (AvgIpc) is 3.56. The molecule has 8 nitrogen and oxygen atoms in total. The Hall–Kier alpha value is -3.04. The Morgan fingerprint density at radius 1 is 1.06 bits per heavy atom. The van der Waals surface area contributed by atoms with Gasteiger partial charge in [0, 0.05) is 36.2 Å². The normalized spacial score (nSPS) is 17.7. The second-order valence-electron chi connectivity index (χ2n) is 8.74. The van der Waals surface area contributed by atoms with Crippen molar-refractivity contribution in [1.82, 2.24) is 14.4 Å². The number of nitrogens with zero attached hydrogens (tertiary/aromatic N) is 3. The lowest BCUT2D eigenvalue weighted by Gasteiger charge is -2.31. The van der Waals surface area contributed by atoms with Crippen molar-refractivity contribution in [3.05, 3.63) is 60.0 Å². The van der Waals surface area contributed by atoms with Crippen LogP contribution in [0.25, 0.3) is 11.4 Å². The van der Waals surface area contributed by atoms with E-state index in [0.29, 0.717) is 54.7 Å². The van der Waals surface area contributed by atoms with Crippen LogP contribution in [0.15, 0.2) is 57.9 Å². The smallest absolute Gasteiger partial charge is 0.243 e. The molecular formula is C24H26N4O4S. The van der Waals surface area contributed by atoms with Crippen molar-refractivity contribution in [1.29, 1.82) is 0 Å². The van der Waals surface area contributed by atoms with Gasteiger partial charge in [-0.05, 0) is 56.4 Å². The van der Waals surface area contributed by atoms with Crippen LogP contribution in [0.5, 0.6) is 0 Å². The lowest BCUT2D eigenvalue weighted by atomic mass is 9.97. The van der Waals surface area contributed by atoms with Crippen molar-refractivity contribution in [2.45, 2.75) is 43.4 Å². The Balaban J connectivity index is 1.29. The highest BCUT2D eigenvalue weighted by atomic mass is 32.2. The van der Waals surface area contributed by atoms with E-state index in [1.165, 1.54) is 4.31 Å². The van der Waals surface area contributed by atoms with Gasteiger partial charge in [0.25, 0.3) is 0 Å². The first kappa shape index (κ1) is 21.8. The highest BCUT2D eigenvalue weighted by Crippen LogP contribution is 2.39. The van der Waals surface area contributed by atoms with Gasteiger partial charge in [-0.1, -0.05) is 35.5 Å². The van der Waals surface area contributed by atoms with Gasteiger partial charge in [-0.2, -0.15) is 9.29 Å². The summed E-state index contributed by atoms with van der Waals surface area (Å²) in [4.78, 5) is 17.3. The first-order chi connectivity index (χ1) is 15.9. The monoisotopic (exact) mass is 466 g/mol. The fraction of sp³-hybridized carbons (Fsp3) is 0.375. The molecule has 33 heavy (non-hydrogen) atoms. The number of hydrogen-bond donors (Lipinski definition) is 1. The predicted molar refractivity (Wildman–Crippen MR) is 123 cm³/mol. The molecule has 1 aromatic heterocycles. The van der Waals surface area contributed by atoms with Gasteiger partial charge >= 0.3 is 0 Å². The molecule has 5 rings (SSSR count). The molecular weight excluding hydrogens is 440 g/mol. The van der Waals surface area contributed by atoms with E-state index in [1.807, 2.05) is 36.4 Å². The van der Waals surface area contributed by atoms with Gasteiger partial charge in [0.05, 0.1) is 4.90 Å². The molecule has 0 bridgehead atoms. The average molecular weight is 467 g/mol. The number of nitrogens with one attached hydrogen (secondary N) is 1. The first-order valence-electron chi connectivity index (χ1n) is 11.2. The maximum absolute atomic E-state index is 13.4. The van der Waals surface area contributed by atoms with Crippen LogP contribution in [0, 0.1) is 12.8 Å². The summed E-state index contributed by atoms with van der Waals surface area (Å²) < 4.78 is 33.7. The van der Waals surface area contributed by atoms with E-state index in [0.717, 1.165) is 18.5 Å². The number of rotatable bonds is 6. The number of amides is 1. The highest BCUT2D eigenvalue weighted by molar-refractivity contribution is 7.89. The zero-order chi connectivity index (χ0) is 23.0. The van der Waals surface area contributed by atoms with E-state index in [-0.39, 0.29) is 16.7 Å². The SMILES string of the molecule is Cc1ccc(-c2noc(C3CC3)n2)cc1S(=O)(=O)N1CCC(C(=O)Nc2ccccc2)CC1. The van der Waals surface area contributed by atoms with Gasteiger partial charge < -0.3 is 9.84 Å². The maximum atomic E-state index is 13.4. The molecule has 0 atom stereocenters. The van der Waals surface area contributed by atoms with Crippen molar-refractivity contribution in [3.8, 4) is 11.4 Å². The molecule has 0 spiro atoms.